The van der Waals surface area contributed by atoms with Gasteiger partial charge >= 0.3 is 16.5 Å². The Morgan fingerprint density at radius 1 is 0.737 bits per heavy atom. The molecule has 2 rings (SSSR count). The molecule has 0 aromatic heterocycles. The molecular weight excluding hydrogens is 505 g/mol. The number of hydrogen-bond acceptors (Lipinski definition) is 1. The zero-order valence-corrected chi connectivity index (χ0v) is 27.1. The van der Waals surface area contributed by atoms with E-state index in [0.717, 1.165) is 36.2 Å². The average Bonchev–Trinajstić information content (AvgIpc) is 2.92. The van der Waals surface area contributed by atoms with Crippen molar-refractivity contribution in [3.05, 3.63) is 89.2 Å². The first-order chi connectivity index (χ1) is 17.9. The quantitative estimate of drug-likeness (QED) is 0.131. The molecule has 0 fully saturated rings. The molecule has 2 aromatic carbocycles. The first-order valence-corrected chi connectivity index (χ1v) is 14.7. The van der Waals surface area contributed by atoms with Gasteiger partial charge in [0.2, 0.25) is 0 Å². The van der Waals surface area contributed by atoms with Crippen molar-refractivity contribution in [2.45, 2.75) is 127 Å². The molecule has 0 aliphatic heterocycles. The minimum atomic E-state index is 0. The Morgan fingerprint density at radius 2 is 1.29 bits per heavy atom. The molecule has 2 aromatic rings. The molecule has 38 heavy (non-hydrogen) atoms. The van der Waals surface area contributed by atoms with Crippen LogP contribution in [0.2, 0.25) is 0 Å². The first-order valence-electron chi connectivity index (χ1n) is 14.7. The fourth-order valence-electron chi connectivity index (χ4n) is 4.49. The summed E-state index contributed by atoms with van der Waals surface area (Å²) in [6, 6.07) is 11.4. The van der Waals surface area contributed by atoms with Crippen LogP contribution in [0, 0.1) is 33.8 Å². The maximum Gasteiger partial charge on any atom is 3.00 e. The normalized spacial score (nSPS) is 11.1. The van der Waals surface area contributed by atoms with Crippen molar-refractivity contribution in [1.29, 1.82) is 0 Å². The summed E-state index contributed by atoms with van der Waals surface area (Å²) in [4.78, 5) is 5.13. The fraction of sp³-hybridized carbons (Fsp3) is 0.528. The maximum absolute atomic E-state index is 5.13. The molecule has 215 valence electrons. The molecular formula is C36H56NNi. The Labute approximate surface area is 248 Å². The average molecular weight is 562 g/mol. The first kappa shape index (κ1) is 38.5. The van der Waals surface area contributed by atoms with Gasteiger partial charge in [0.05, 0.1) is 5.69 Å². The molecule has 0 saturated carbocycles. The van der Waals surface area contributed by atoms with Gasteiger partial charge in [-0.2, -0.15) is 13.8 Å². The van der Waals surface area contributed by atoms with E-state index in [2.05, 4.69) is 98.7 Å². The molecule has 0 amide bonds. The van der Waals surface area contributed by atoms with Gasteiger partial charge in [0, 0.05) is 0 Å². The van der Waals surface area contributed by atoms with Crippen LogP contribution in [0.1, 0.15) is 127 Å². The molecule has 0 N–H and O–H groups in total. The number of hydrogen-bond donors (Lipinski definition) is 0. The maximum atomic E-state index is 5.13. The predicted molar refractivity (Wildman–Crippen MR) is 169 cm³/mol. The summed E-state index contributed by atoms with van der Waals surface area (Å²) >= 11 is 0. The molecule has 0 aliphatic rings. The number of aliphatic imine (C=N–C) groups is 1. The van der Waals surface area contributed by atoms with Gasteiger partial charge in [-0.3, -0.25) is 0 Å². The van der Waals surface area contributed by atoms with E-state index >= 15 is 0 Å². The minimum Gasteiger partial charge on any atom is -0.346 e. The van der Waals surface area contributed by atoms with Gasteiger partial charge in [-0.1, -0.05) is 71.4 Å². The van der Waals surface area contributed by atoms with E-state index in [-0.39, 0.29) is 16.5 Å². The van der Waals surface area contributed by atoms with Gasteiger partial charge in [0.25, 0.3) is 0 Å². The third kappa shape index (κ3) is 13.4. The van der Waals surface area contributed by atoms with Crippen LogP contribution < -0.4 is 0 Å². The third-order valence-corrected chi connectivity index (χ3v) is 6.64. The van der Waals surface area contributed by atoms with Crippen molar-refractivity contribution in [1.82, 2.24) is 0 Å². The van der Waals surface area contributed by atoms with E-state index in [9.17, 15) is 0 Å². The van der Waals surface area contributed by atoms with Gasteiger partial charge in [-0.05, 0) is 86.9 Å². The molecule has 2 heteroatoms. The Kier molecular flexibility index (Phi) is 23.6. The Balaban J connectivity index is 0. The molecule has 0 heterocycles. The number of aryl methyl sites for hydroxylation is 4. The van der Waals surface area contributed by atoms with Gasteiger partial charge in [-0.25, -0.2) is 0 Å². The Bertz CT molecular complexity index is 952. The van der Waals surface area contributed by atoms with Gasteiger partial charge in [0.15, 0.2) is 0 Å². The number of unbranched alkanes of at least 4 members (excludes halogenated alkanes) is 3. The third-order valence-electron chi connectivity index (χ3n) is 6.64. The van der Waals surface area contributed by atoms with Crippen molar-refractivity contribution in [3.63, 3.8) is 0 Å². The number of rotatable bonds is 13. The van der Waals surface area contributed by atoms with Crippen LogP contribution in [-0.2, 0) is 35.8 Å². The summed E-state index contributed by atoms with van der Waals surface area (Å²) < 4.78 is 0. The summed E-state index contributed by atoms with van der Waals surface area (Å²) in [6.07, 6.45) is 15.5. The van der Waals surface area contributed by atoms with E-state index in [4.69, 9.17) is 4.99 Å². The minimum absolute atomic E-state index is 0. The Morgan fingerprint density at radius 3 is 1.84 bits per heavy atom. The van der Waals surface area contributed by atoms with Crippen LogP contribution >= 0.6 is 0 Å². The van der Waals surface area contributed by atoms with Gasteiger partial charge in [0.1, 0.15) is 0 Å². The molecule has 1 radical (unpaired) electrons. The fourth-order valence-corrected chi connectivity index (χ4v) is 4.49. The standard InChI is InChI=1S/C32H46N.2C2H5.Ni/c1-8-12-15-28-22-27(19-18-24(28)5)20-26(7)32(11-4)33-30-21-25(6)31(17-14-10-3)29(23-30)16-13-9-2;2*1-2;/h18-19,21-23H,8-17H2,1-7H3;2*1H2,2H3;/q3*-1;+3. The van der Waals surface area contributed by atoms with Gasteiger partial charge in [-0.15, -0.1) is 35.4 Å². The van der Waals surface area contributed by atoms with Crippen LogP contribution in [-0.4, -0.2) is 5.71 Å². The summed E-state index contributed by atoms with van der Waals surface area (Å²) in [7, 11) is 0. The molecule has 0 saturated heterocycles. The monoisotopic (exact) mass is 560 g/mol. The van der Waals surface area contributed by atoms with Crippen molar-refractivity contribution < 1.29 is 16.5 Å². The largest absolute Gasteiger partial charge is 3.00 e. The molecule has 0 bridgehead atoms. The Hall–Kier alpha value is -1.66. The second-order valence-electron chi connectivity index (χ2n) is 9.51. The number of benzene rings is 2. The van der Waals surface area contributed by atoms with E-state index in [0.29, 0.717) is 0 Å². The van der Waals surface area contributed by atoms with E-state index < -0.39 is 0 Å². The van der Waals surface area contributed by atoms with Crippen LogP contribution in [0.15, 0.2) is 40.9 Å². The van der Waals surface area contributed by atoms with Crippen LogP contribution in [0.5, 0.6) is 0 Å². The second kappa shape index (κ2) is 23.3. The second-order valence-corrected chi connectivity index (χ2v) is 9.51. The molecule has 1 nitrogen and oxygen atoms in total. The van der Waals surface area contributed by atoms with E-state index in [1.165, 1.54) is 72.8 Å². The smallest absolute Gasteiger partial charge is 0.346 e. The summed E-state index contributed by atoms with van der Waals surface area (Å²) in [5, 5.41) is 0. The summed E-state index contributed by atoms with van der Waals surface area (Å²) in [5.74, 6) is 0. The van der Waals surface area contributed by atoms with E-state index in [1.807, 2.05) is 0 Å². The number of nitrogens with zero attached hydrogens (tertiary/aromatic N) is 1. The predicted octanol–water partition coefficient (Wildman–Crippen LogP) is 11.3. The SMILES string of the molecule is CCCCc1cc([C-]=C(C)C(CC)=Nc2cc(C)c(CCCC)c(CCCC)c2)ccc1C.[CH2-]C.[CH2-]C.[Ni+3]. The van der Waals surface area contributed by atoms with Crippen molar-refractivity contribution in [2.75, 3.05) is 0 Å². The van der Waals surface area contributed by atoms with Crippen molar-refractivity contribution in [3.8, 4) is 0 Å². The summed E-state index contributed by atoms with van der Waals surface area (Å²) in [6.45, 7) is 25.7. The van der Waals surface area contributed by atoms with Crippen molar-refractivity contribution >= 4 is 11.4 Å². The van der Waals surface area contributed by atoms with Crippen LogP contribution in [0.3, 0.4) is 0 Å². The zero-order valence-electron chi connectivity index (χ0n) is 26.1. The van der Waals surface area contributed by atoms with Crippen molar-refractivity contribution in [2.24, 2.45) is 4.99 Å². The molecule has 0 spiro atoms. The molecule has 0 aliphatic carbocycles. The molecule has 0 unspecified atom stereocenters. The zero-order chi connectivity index (χ0) is 28.2. The molecule has 0 atom stereocenters. The number of allylic oxidation sites excluding steroid dienone is 1. The topological polar surface area (TPSA) is 12.4 Å². The van der Waals surface area contributed by atoms with Crippen LogP contribution in [0.25, 0.3) is 0 Å². The van der Waals surface area contributed by atoms with E-state index in [1.54, 1.807) is 19.4 Å². The van der Waals surface area contributed by atoms with Crippen LogP contribution in [0.4, 0.5) is 5.69 Å². The van der Waals surface area contributed by atoms with Gasteiger partial charge < -0.3 is 18.8 Å². The summed E-state index contributed by atoms with van der Waals surface area (Å²) in [5.41, 5.74) is 11.8.